The number of tetrazole rings is 1. The molecule has 1 fully saturated rings. The number of cyclic esters (lactones) is 1. The van der Waals surface area contributed by atoms with Crippen LogP contribution in [0.2, 0.25) is 0 Å². The monoisotopic (exact) mass is 387 g/mol. The van der Waals surface area contributed by atoms with Crippen molar-refractivity contribution in [3.63, 3.8) is 0 Å². The number of hydrogen-bond acceptors (Lipinski definition) is 6. The van der Waals surface area contributed by atoms with Crippen LogP contribution >= 0.6 is 0 Å². The molecule has 0 spiro atoms. The van der Waals surface area contributed by atoms with Crippen molar-refractivity contribution in [3.8, 4) is 0 Å². The zero-order valence-corrected chi connectivity index (χ0v) is 16.2. The first-order chi connectivity index (χ1) is 13.7. The highest BCUT2D eigenvalue weighted by Gasteiger charge is 2.32. The minimum atomic E-state index is -0.398. The third-order valence-electron chi connectivity index (χ3n) is 5.17. The average molecular weight is 387 g/mol. The number of aliphatic hydroxyl groups excluding tert-OH is 1. The first-order valence-corrected chi connectivity index (χ1v) is 10.1. The summed E-state index contributed by atoms with van der Waals surface area (Å²) in [5.41, 5.74) is 1.13. The van der Waals surface area contributed by atoms with Crippen molar-refractivity contribution >= 4 is 6.09 Å². The second-order valence-corrected chi connectivity index (χ2v) is 7.36. The van der Waals surface area contributed by atoms with Gasteiger partial charge in [-0.1, -0.05) is 43.2 Å². The van der Waals surface area contributed by atoms with E-state index in [2.05, 4.69) is 20.6 Å². The van der Waals surface area contributed by atoms with Gasteiger partial charge >= 0.3 is 6.09 Å². The molecule has 8 heteroatoms. The lowest BCUT2D eigenvalue weighted by Crippen LogP contribution is -2.35. The van der Waals surface area contributed by atoms with Gasteiger partial charge in [0.25, 0.3) is 0 Å². The fourth-order valence-electron chi connectivity index (χ4n) is 3.59. The van der Waals surface area contributed by atoms with Crippen molar-refractivity contribution in [1.82, 2.24) is 25.5 Å². The number of unbranched alkanes of at least 4 members (excludes halogenated alkanes) is 3. The van der Waals surface area contributed by atoms with Crippen LogP contribution in [0.3, 0.4) is 0 Å². The van der Waals surface area contributed by atoms with Gasteiger partial charge in [0, 0.05) is 13.0 Å². The summed E-state index contributed by atoms with van der Waals surface area (Å²) < 4.78 is 5.23. The van der Waals surface area contributed by atoms with Crippen LogP contribution in [-0.2, 0) is 17.6 Å². The van der Waals surface area contributed by atoms with Gasteiger partial charge in [-0.25, -0.2) is 9.89 Å². The Morgan fingerprint density at radius 2 is 2.04 bits per heavy atom. The molecule has 0 aliphatic carbocycles. The Bertz CT molecular complexity index is 695. The molecule has 3 rings (SSSR count). The minimum Gasteiger partial charge on any atom is -0.447 e. The van der Waals surface area contributed by atoms with Gasteiger partial charge in [0.15, 0.2) is 0 Å². The zero-order chi connectivity index (χ0) is 19.6. The Kier molecular flexibility index (Phi) is 7.78. The molecule has 0 saturated carbocycles. The molecule has 0 radical (unpaired) electrons. The quantitative estimate of drug-likeness (QED) is 0.542. The number of aliphatic hydroxyl groups is 1. The van der Waals surface area contributed by atoms with Crippen LogP contribution in [0.25, 0.3) is 0 Å². The lowest BCUT2D eigenvalue weighted by molar-refractivity contribution is 0.145. The fourth-order valence-corrected chi connectivity index (χ4v) is 3.59. The van der Waals surface area contributed by atoms with E-state index in [-0.39, 0.29) is 12.1 Å². The van der Waals surface area contributed by atoms with E-state index in [1.54, 1.807) is 0 Å². The molecule has 2 atom stereocenters. The van der Waals surface area contributed by atoms with E-state index in [4.69, 9.17) is 4.74 Å². The molecule has 0 bridgehead atoms. The second kappa shape index (κ2) is 10.8. The Morgan fingerprint density at radius 1 is 1.21 bits per heavy atom. The smallest absolute Gasteiger partial charge is 0.410 e. The van der Waals surface area contributed by atoms with Gasteiger partial charge in [0.05, 0.1) is 12.1 Å². The van der Waals surface area contributed by atoms with E-state index >= 15 is 0 Å². The topological polar surface area (TPSA) is 104 Å². The highest BCUT2D eigenvalue weighted by Crippen LogP contribution is 2.20. The fraction of sp³-hybridized carbons (Fsp3) is 0.600. The molecular weight excluding hydrogens is 358 g/mol. The number of nitrogens with one attached hydrogen (secondary N) is 1. The molecule has 1 aromatic heterocycles. The number of rotatable bonds is 12. The maximum Gasteiger partial charge on any atom is 0.410 e. The number of aryl methyl sites for hydroxylation is 1. The van der Waals surface area contributed by atoms with Gasteiger partial charge in [0.1, 0.15) is 12.4 Å². The van der Waals surface area contributed by atoms with Gasteiger partial charge < -0.3 is 14.7 Å². The highest BCUT2D eigenvalue weighted by molar-refractivity contribution is 5.70. The summed E-state index contributed by atoms with van der Waals surface area (Å²) in [7, 11) is 0. The largest absolute Gasteiger partial charge is 0.447 e. The van der Waals surface area contributed by atoms with Gasteiger partial charge in [-0.3, -0.25) is 0 Å². The third kappa shape index (κ3) is 6.30. The second-order valence-electron chi connectivity index (χ2n) is 7.36. The summed E-state index contributed by atoms with van der Waals surface area (Å²) in [5.74, 6) is 0.817. The molecule has 2 aromatic rings. The number of H-pyrrole nitrogens is 1. The third-order valence-corrected chi connectivity index (χ3v) is 5.17. The van der Waals surface area contributed by atoms with E-state index in [0.717, 1.165) is 49.9 Å². The van der Waals surface area contributed by atoms with Crippen molar-refractivity contribution in [3.05, 3.63) is 41.7 Å². The van der Waals surface area contributed by atoms with Crippen molar-refractivity contribution in [2.45, 2.75) is 63.5 Å². The molecule has 2 N–H and O–H groups in total. The normalized spacial score (nSPS) is 17.7. The van der Waals surface area contributed by atoms with E-state index in [1.807, 2.05) is 35.2 Å². The Hall–Kier alpha value is -2.48. The van der Waals surface area contributed by atoms with Gasteiger partial charge in [-0.05, 0) is 48.1 Å². The molecule has 8 nitrogen and oxygen atoms in total. The summed E-state index contributed by atoms with van der Waals surface area (Å²) >= 11 is 0. The average Bonchev–Trinajstić information content (AvgIpc) is 3.34. The first-order valence-electron chi connectivity index (χ1n) is 10.1. The predicted octanol–water partition coefficient (Wildman–Crippen LogP) is 2.51. The SMILES string of the molecule is O=C1OCC(CCC(O)Cc2ccccc2)N1CCCCCCc1nnn[nH]1. The number of nitrogens with zero attached hydrogens (tertiary/aromatic N) is 4. The Morgan fingerprint density at radius 3 is 2.82 bits per heavy atom. The van der Waals surface area contributed by atoms with Gasteiger partial charge in [0.2, 0.25) is 0 Å². The molecule has 1 amide bonds. The Balaban J connectivity index is 1.32. The molecule has 152 valence electrons. The predicted molar refractivity (Wildman–Crippen MR) is 104 cm³/mol. The summed E-state index contributed by atoms with van der Waals surface area (Å²) in [5, 5.41) is 24.1. The standard InChI is InChI=1S/C20H29N5O3/c26-18(14-16-8-4-3-5-9-16)12-11-17-15-28-20(27)25(17)13-7-2-1-6-10-19-21-23-24-22-19/h3-5,8-9,17-18,26H,1-2,6-7,10-15H2,(H,21,22,23,24). The summed E-state index contributed by atoms with van der Waals surface area (Å²) in [6.07, 6.45) is 6.39. The lowest BCUT2D eigenvalue weighted by Gasteiger charge is -2.22. The number of amides is 1. The zero-order valence-electron chi connectivity index (χ0n) is 16.2. The summed E-state index contributed by atoms with van der Waals surface area (Å²) in [6, 6.07) is 10.1. The molecule has 28 heavy (non-hydrogen) atoms. The Labute approximate surface area is 165 Å². The molecule has 2 heterocycles. The van der Waals surface area contributed by atoms with Gasteiger partial charge in [-0.15, -0.1) is 5.10 Å². The molecule has 2 unspecified atom stereocenters. The molecule has 1 aliphatic rings. The number of ether oxygens (including phenoxy) is 1. The minimum absolute atomic E-state index is 0.0678. The number of benzene rings is 1. The number of aromatic nitrogens is 4. The maximum absolute atomic E-state index is 12.0. The van der Waals surface area contributed by atoms with E-state index in [0.29, 0.717) is 26.0 Å². The number of carbonyl (C=O) groups excluding carboxylic acids is 1. The van der Waals surface area contributed by atoms with Crippen LogP contribution in [0.15, 0.2) is 30.3 Å². The van der Waals surface area contributed by atoms with Crippen molar-refractivity contribution < 1.29 is 14.6 Å². The summed E-state index contributed by atoms with van der Waals surface area (Å²) in [4.78, 5) is 13.8. The first kappa shape index (κ1) is 20.3. The van der Waals surface area contributed by atoms with E-state index in [1.165, 1.54) is 0 Å². The number of hydrogen-bond donors (Lipinski definition) is 2. The molecule has 1 aliphatic heterocycles. The van der Waals surface area contributed by atoms with Crippen molar-refractivity contribution in [2.75, 3.05) is 13.2 Å². The summed E-state index contributed by atoms with van der Waals surface area (Å²) in [6.45, 7) is 1.14. The van der Waals surface area contributed by atoms with Crippen LogP contribution in [-0.4, -0.2) is 62.0 Å². The van der Waals surface area contributed by atoms with E-state index < -0.39 is 6.10 Å². The number of aromatic amines is 1. The van der Waals surface area contributed by atoms with Crippen LogP contribution in [0.4, 0.5) is 4.79 Å². The van der Waals surface area contributed by atoms with Crippen LogP contribution in [0.5, 0.6) is 0 Å². The van der Waals surface area contributed by atoms with Crippen LogP contribution < -0.4 is 0 Å². The maximum atomic E-state index is 12.0. The van der Waals surface area contributed by atoms with Crippen LogP contribution in [0, 0.1) is 0 Å². The molecule has 1 aromatic carbocycles. The number of carbonyl (C=O) groups is 1. The lowest BCUT2D eigenvalue weighted by atomic mass is 10.0. The van der Waals surface area contributed by atoms with Crippen LogP contribution in [0.1, 0.15) is 49.9 Å². The molecular formula is C20H29N5O3. The molecule has 1 saturated heterocycles. The highest BCUT2D eigenvalue weighted by atomic mass is 16.6. The van der Waals surface area contributed by atoms with E-state index in [9.17, 15) is 9.90 Å². The van der Waals surface area contributed by atoms with Gasteiger partial charge in [-0.2, -0.15) is 0 Å². The van der Waals surface area contributed by atoms with Crippen molar-refractivity contribution in [1.29, 1.82) is 0 Å². The van der Waals surface area contributed by atoms with Crippen molar-refractivity contribution in [2.24, 2.45) is 0 Å².